The molecule has 2 atom stereocenters. The minimum absolute atomic E-state index is 0.00611. The van der Waals surface area contributed by atoms with Gasteiger partial charge in [-0.2, -0.15) is 4.98 Å². The summed E-state index contributed by atoms with van der Waals surface area (Å²) in [4.78, 5) is 39.6. The van der Waals surface area contributed by atoms with Crippen LogP contribution < -0.4 is 9.46 Å². The number of rotatable bonds is 4. The summed E-state index contributed by atoms with van der Waals surface area (Å²) < 4.78 is 41.4. The second-order valence-electron chi connectivity index (χ2n) is 15.2. The van der Waals surface area contributed by atoms with Gasteiger partial charge >= 0.3 is 6.09 Å². The lowest BCUT2D eigenvalue weighted by Crippen LogP contribution is -2.60. The highest BCUT2D eigenvalue weighted by molar-refractivity contribution is 7.92. The van der Waals surface area contributed by atoms with Gasteiger partial charge in [0, 0.05) is 36.7 Å². The molecule has 12 heteroatoms. The van der Waals surface area contributed by atoms with Crippen LogP contribution in [0.3, 0.4) is 0 Å². The smallest absolute Gasteiger partial charge is 0.409 e. The van der Waals surface area contributed by atoms with Gasteiger partial charge in [-0.3, -0.25) is 4.79 Å². The molecule has 1 unspecified atom stereocenters. The molecule has 1 N–H and O–H groups in total. The zero-order valence-electron chi connectivity index (χ0n) is 28.3. The van der Waals surface area contributed by atoms with Gasteiger partial charge in [0.2, 0.25) is 11.8 Å². The van der Waals surface area contributed by atoms with Gasteiger partial charge in [0.15, 0.2) is 0 Å². The number of hydrogen-bond donors (Lipinski definition) is 1. The third-order valence-corrected chi connectivity index (χ3v) is 12.3. The summed E-state index contributed by atoms with van der Waals surface area (Å²) in [5, 5.41) is 0. The number of methoxy groups -OCH3 is 1. The van der Waals surface area contributed by atoms with Crippen LogP contribution in [0.25, 0.3) is 0 Å². The monoisotopic (exact) mass is 667 g/mol. The Bertz CT molecular complexity index is 1600. The van der Waals surface area contributed by atoms with Crippen molar-refractivity contribution in [2.45, 2.75) is 108 Å². The molecule has 2 amide bonds. The van der Waals surface area contributed by atoms with Crippen LogP contribution in [0.1, 0.15) is 107 Å². The van der Waals surface area contributed by atoms with Gasteiger partial charge in [0.05, 0.1) is 23.7 Å². The minimum Gasteiger partial charge on any atom is -0.475 e. The van der Waals surface area contributed by atoms with E-state index in [0.717, 1.165) is 57.1 Å². The number of likely N-dealkylation sites (tertiary alicyclic amines) is 1. The Hall–Kier alpha value is -3.41. The quantitative estimate of drug-likeness (QED) is 0.407. The number of sulfonamides is 1. The van der Waals surface area contributed by atoms with Gasteiger partial charge in [-0.15, -0.1) is 0 Å². The summed E-state index contributed by atoms with van der Waals surface area (Å²) >= 11 is 0. The third-order valence-electron chi connectivity index (χ3n) is 11.0. The SMILES string of the molecule is COC(=O)N1CCC2(CC1)CC(N1C(=O)c3cccc(c3)S(=O)(=O)Nc3nc(cc(C4CCCCC4(C)C)n3)OC[C@H]1CC(C)C)C2. The number of nitrogens with zero attached hydrogens (tertiary/aromatic N) is 4. The predicted molar refractivity (Wildman–Crippen MR) is 178 cm³/mol. The lowest BCUT2D eigenvalue weighted by Gasteiger charge is -2.56. The number of ether oxygens (including phenoxy) is 2. The fourth-order valence-electron chi connectivity index (χ4n) is 8.36. The Morgan fingerprint density at radius 3 is 2.53 bits per heavy atom. The van der Waals surface area contributed by atoms with E-state index < -0.39 is 10.0 Å². The molecule has 1 saturated heterocycles. The molecule has 3 fully saturated rings. The van der Waals surface area contributed by atoms with Crippen molar-refractivity contribution in [1.82, 2.24) is 19.8 Å². The molecule has 4 aliphatic rings. The van der Waals surface area contributed by atoms with Crippen molar-refractivity contribution >= 4 is 28.0 Å². The number of hydrogen-bond acceptors (Lipinski definition) is 8. The molecule has 1 aromatic heterocycles. The summed E-state index contributed by atoms with van der Waals surface area (Å²) in [6.07, 6.45) is 8.01. The number of benzene rings is 1. The van der Waals surface area contributed by atoms with E-state index in [9.17, 15) is 18.0 Å². The Balaban J connectivity index is 1.36. The number of aromatic nitrogens is 2. The van der Waals surface area contributed by atoms with E-state index in [2.05, 4.69) is 37.4 Å². The number of fused-ring (bicyclic) bond motifs is 4. The molecule has 3 heterocycles. The van der Waals surface area contributed by atoms with Gasteiger partial charge < -0.3 is 19.3 Å². The maximum atomic E-state index is 14.5. The van der Waals surface area contributed by atoms with E-state index in [1.54, 1.807) is 17.0 Å². The van der Waals surface area contributed by atoms with Crippen molar-refractivity contribution < 1.29 is 27.5 Å². The van der Waals surface area contributed by atoms with Crippen LogP contribution in [0.15, 0.2) is 35.2 Å². The van der Waals surface area contributed by atoms with E-state index in [1.165, 1.54) is 19.2 Å². The average Bonchev–Trinajstić information content (AvgIpc) is 3.01. The van der Waals surface area contributed by atoms with Crippen LogP contribution in [0, 0.1) is 16.7 Å². The molecule has 11 nitrogen and oxygen atoms in total. The van der Waals surface area contributed by atoms with Crippen molar-refractivity contribution in [1.29, 1.82) is 0 Å². The summed E-state index contributed by atoms with van der Waals surface area (Å²) in [6.45, 7) is 10.2. The highest BCUT2D eigenvalue weighted by Crippen LogP contribution is 2.52. The van der Waals surface area contributed by atoms with Gasteiger partial charge in [-0.25, -0.2) is 22.9 Å². The lowest BCUT2D eigenvalue weighted by molar-refractivity contribution is -0.0504. The van der Waals surface area contributed by atoms with Crippen molar-refractivity contribution in [3.8, 4) is 5.88 Å². The number of nitrogens with one attached hydrogen (secondary N) is 1. The maximum absolute atomic E-state index is 14.5. The van der Waals surface area contributed by atoms with Gasteiger partial charge in [-0.05, 0) is 79.9 Å². The van der Waals surface area contributed by atoms with Crippen LogP contribution in [0.2, 0.25) is 0 Å². The first kappa shape index (κ1) is 33.5. The van der Waals surface area contributed by atoms with E-state index in [1.807, 2.05) is 11.0 Å². The van der Waals surface area contributed by atoms with Crippen molar-refractivity contribution in [3.05, 3.63) is 41.6 Å². The summed E-state index contributed by atoms with van der Waals surface area (Å²) in [5.41, 5.74) is 1.14. The lowest BCUT2D eigenvalue weighted by atomic mass is 9.59. The van der Waals surface area contributed by atoms with Crippen LogP contribution >= 0.6 is 0 Å². The molecule has 2 aliphatic heterocycles. The topological polar surface area (TPSA) is 131 Å². The third kappa shape index (κ3) is 6.93. The molecule has 47 heavy (non-hydrogen) atoms. The molecule has 6 rings (SSSR count). The first-order valence-electron chi connectivity index (χ1n) is 17.1. The molecule has 2 aromatic rings. The van der Waals surface area contributed by atoms with E-state index in [-0.39, 0.29) is 64.2 Å². The molecule has 2 aliphatic carbocycles. The van der Waals surface area contributed by atoms with Gasteiger partial charge in [-0.1, -0.05) is 46.6 Å². The minimum atomic E-state index is -4.10. The standard InChI is InChI=1S/C35H49N5O6S/c1-23(2)17-25-22-46-30-19-29(28-11-6-7-12-34(28,3)4)36-32(37-30)38-47(43,44)27-10-8-9-24(18-27)31(41)40(25)26-20-35(21-26)13-15-39(16-14-35)33(42)45-5/h8-10,18-19,23,25-26,28H,6-7,11-17,20-22H2,1-5H3,(H,36,37,38)/t25-,28?/m1/s1. The molecule has 4 bridgehead atoms. The Morgan fingerprint density at radius 1 is 1.11 bits per heavy atom. The second-order valence-corrected chi connectivity index (χ2v) is 16.9. The number of piperidine rings is 1. The number of carbonyl (C=O) groups is 2. The normalized spacial score (nSPS) is 25.4. The van der Waals surface area contributed by atoms with E-state index in [4.69, 9.17) is 14.5 Å². The average molecular weight is 668 g/mol. The van der Waals surface area contributed by atoms with Gasteiger partial charge in [0.25, 0.3) is 15.9 Å². The van der Waals surface area contributed by atoms with Crippen LogP contribution in [-0.4, -0.2) is 79.1 Å². The van der Waals surface area contributed by atoms with Crippen molar-refractivity contribution in [2.24, 2.45) is 16.7 Å². The zero-order valence-corrected chi connectivity index (χ0v) is 29.1. The molecule has 1 aromatic carbocycles. The van der Waals surface area contributed by atoms with Crippen LogP contribution in [0.4, 0.5) is 10.7 Å². The maximum Gasteiger partial charge on any atom is 0.409 e. The molecular formula is C35H49N5O6S. The summed E-state index contributed by atoms with van der Waals surface area (Å²) in [5.74, 6) is 0.489. The predicted octanol–water partition coefficient (Wildman–Crippen LogP) is 6.22. The Kier molecular flexibility index (Phi) is 9.19. The molecule has 2 saturated carbocycles. The second kappa shape index (κ2) is 12.9. The van der Waals surface area contributed by atoms with E-state index >= 15 is 0 Å². The first-order valence-corrected chi connectivity index (χ1v) is 18.6. The number of anilines is 1. The Labute approximate surface area is 278 Å². The summed E-state index contributed by atoms with van der Waals surface area (Å²) in [7, 11) is -2.69. The molecule has 0 radical (unpaired) electrons. The van der Waals surface area contributed by atoms with Crippen molar-refractivity contribution in [3.63, 3.8) is 0 Å². The van der Waals surface area contributed by atoms with Crippen molar-refractivity contribution in [2.75, 3.05) is 31.5 Å². The van der Waals surface area contributed by atoms with Crippen LogP contribution in [0.5, 0.6) is 5.88 Å². The molecule has 256 valence electrons. The zero-order chi connectivity index (χ0) is 33.6. The highest BCUT2D eigenvalue weighted by Gasteiger charge is 2.51. The largest absolute Gasteiger partial charge is 0.475 e. The van der Waals surface area contributed by atoms with Crippen LogP contribution in [-0.2, 0) is 14.8 Å². The fraction of sp³-hybridized carbons (Fsp3) is 0.657. The number of carbonyl (C=O) groups excluding carboxylic acids is 2. The molecular weight excluding hydrogens is 618 g/mol. The first-order chi connectivity index (χ1) is 22.3. The Morgan fingerprint density at radius 2 is 1.85 bits per heavy atom. The number of amides is 2. The fourth-order valence-corrected chi connectivity index (χ4v) is 9.35. The van der Waals surface area contributed by atoms with E-state index in [0.29, 0.717) is 31.0 Å². The highest BCUT2D eigenvalue weighted by atomic mass is 32.2. The summed E-state index contributed by atoms with van der Waals surface area (Å²) in [6, 6.07) is 7.82. The van der Waals surface area contributed by atoms with Gasteiger partial charge in [0.1, 0.15) is 6.61 Å². The molecule has 1 spiro atoms.